The first-order valence-electron chi connectivity index (χ1n) is 13.7. The molecule has 3 aromatic heterocycles. The first-order chi connectivity index (χ1) is 19.6. The second-order valence-corrected chi connectivity index (χ2v) is 11.5. The van der Waals surface area contributed by atoms with Crippen molar-refractivity contribution in [2.75, 3.05) is 31.1 Å². The van der Waals surface area contributed by atoms with E-state index < -0.39 is 23.4 Å². The molecule has 41 heavy (non-hydrogen) atoms. The summed E-state index contributed by atoms with van der Waals surface area (Å²) in [6, 6.07) is 5.75. The Kier molecular flexibility index (Phi) is 6.63. The quantitative estimate of drug-likeness (QED) is 0.387. The predicted octanol–water partition coefficient (Wildman–Crippen LogP) is 4.11. The molecule has 4 aromatic rings. The summed E-state index contributed by atoms with van der Waals surface area (Å²) in [7, 11) is 0. The van der Waals surface area contributed by atoms with E-state index in [1.54, 1.807) is 23.5 Å². The third-order valence-electron chi connectivity index (χ3n) is 7.48. The van der Waals surface area contributed by atoms with Gasteiger partial charge in [-0.1, -0.05) is 0 Å². The molecule has 1 N–H and O–H groups in total. The van der Waals surface area contributed by atoms with Crippen molar-refractivity contribution in [2.24, 2.45) is 0 Å². The van der Waals surface area contributed by atoms with Gasteiger partial charge in [-0.05, 0) is 63.4 Å². The molecule has 1 fully saturated rings. The highest BCUT2D eigenvalue weighted by atomic mass is 19.1. The number of ether oxygens (including phenoxy) is 1. The van der Waals surface area contributed by atoms with Gasteiger partial charge in [-0.15, -0.1) is 0 Å². The number of carboxylic acids is 1. The molecule has 214 valence electrons. The summed E-state index contributed by atoms with van der Waals surface area (Å²) < 4.78 is 24.0. The molecule has 0 saturated carbocycles. The average Bonchev–Trinajstić information content (AvgIpc) is 3.65. The predicted molar refractivity (Wildman–Crippen MR) is 149 cm³/mol. The van der Waals surface area contributed by atoms with Gasteiger partial charge in [0, 0.05) is 56.4 Å². The minimum Gasteiger partial charge on any atom is -0.479 e. The molecule has 1 saturated heterocycles. The molecule has 0 radical (unpaired) electrons. The second-order valence-electron chi connectivity index (χ2n) is 11.5. The van der Waals surface area contributed by atoms with Crippen LogP contribution >= 0.6 is 0 Å². The van der Waals surface area contributed by atoms with Crippen LogP contribution in [-0.2, 0) is 22.5 Å². The highest BCUT2D eigenvalue weighted by Gasteiger charge is 2.31. The van der Waals surface area contributed by atoms with Crippen molar-refractivity contribution < 1.29 is 23.8 Å². The number of aromatic nitrogens is 5. The number of halogens is 1. The minimum absolute atomic E-state index is 0.239. The first-order valence-corrected chi connectivity index (χ1v) is 13.7. The van der Waals surface area contributed by atoms with Crippen LogP contribution in [0.2, 0.25) is 0 Å². The SMILES string of the molecule is CC(C)(C)OC(=O)N1CCN(c2ccc(-c3cc(F)c4cn(C(C(=O)O)c5ncn6c5CCC6)nc4c3)cn2)CC1. The molecule has 1 aromatic carbocycles. The summed E-state index contributed by atoms with van der Waals surface area (Å²) in [5.41, 5.74) is 2.43. The van der Waals surface area contributed by atoms with E-state index in [2.05, 4.69) is 20.0 Å². The number of anilines is 1. The van der Waals surface area contributed by atoms with Crippen molar-refractivity contribution in [3.63, 3.8) is 0 Å². The largest absolute Gasteiger partial charge is 0.479 e. The number of rotatable bonds is 5. The van der Waals surface area contributed by atoms with E-state index in [1.165, 1.54) is 16.9 Å². The Labute approximate surface area is 236 Å². The fraction of sp³-hybridized carbons (Fsp3) is 0.414. The number of benzene rings is 1. The van der Waals surface area contributed by atoms with E-state index in [1.807, 2.05) is 37.5 Å². The Balaban J connectivity index is 1.20. The summed E-state index contributed by atoms with van der Waals surface area (Å²) in [5.74, 6) is -0.829. The smallest absolute Gasteiger partial charge is 0.410 e. The number of amides is 1. The topological polar surface area (TPSA) is 119 Å². The maximum Gasteiger partial charge on any atom is 0.410 e. The Morgan fingerprint density at radius 2 is 1.83 bits per heavy atom. The third-order valence-corrected chi connectivity index (χ3v) is 7.48. The molecule has 0 spiro atoms. The lowest BCUT2D eigenvalue weighted by atomic mass is 10.1. The van der Waals surface area contributed by atoms with Crippen molar-refractivity contribution >= 4 is 28.8 Å². The molecular formula is C29H32FN7O4. The molecular weight excluding hydrogens is 529 g/mol. The van der Waals surface area contributed by atoms with E-state index in [9.17, 15) is 14.7 Å². The van der Waals surface area contributed by atoms with Gasteiger partial charge in [0.2, 0.25) is 0 Å². The van der Waals surface area contributed by atoms with Gasteiger partial charge in [0.05, 0.1) is 22.9 Å². The van der Waals surface area contributed by atoms with Gasteiger partial charge >= 0.3 is 12.1 Å². The molecule has 6 rings (SSSR count). The molecule has 1 unspecified atom stereocenters. The number of nitrogens with zero attached hydrogens (tertiary/aromatic N) is 7. The molecule has 1 amide bonds. The van der Waals surface area contributed by atoms with Crippen LogP contribution in [0, 0.1) is 5.82 Å². The number of aryl methyl sites for hydroxylation is 1. The van der Waals surface area contributed by atoms with Crippen molar-refractivity contribution in [2.45, 2.75) is 51.8 Å². The van der Waals surface area contributed by atoms with Crippen molar-refractivity contribution in [1.82, 2.24) is 29.2 Å². The number of carboxylic acid groups (broad SMARTS) is 1. The van der Waals surface area contributed by atoms with Crippen molar-refractivity contribution in [3.8, 4) is 11.1 Å². The van der Waals surface area contributed by atoms with Crippen LogP contribution in [0.15, 0.2) is 43.0 Å². The Bertz CT molecular complexity index is 1610. The van der Waals surface area contributed by atoms with Crippen LogP contribution in [0.25, 0.3) is 22.0 Å². The summed E-state index contributed by atoms with van der Waals surface area (Å²) in [4.78, 5) is 37.4. The van der Waals surface area contributed by atoms with Gasteiger partial charge in [0.1, 0.15) is 17.2 Å². The number of aliphatic carboxylic acids is 1. The first kappa shape index (κ1) is 26.7. The van der Waals surface area contributed by atoms with Crippen LogP contribution in [-0.4, -0.2) is 78.2 Å². The van der Waals surface area contributed by atoms with Gasteiger partial charge in [-0.25, -0.2) is 23.9 Å². The summed E-state index contributed by atoms with van der Waals surface area (Å²) in [6.07, 6.45) is 6.15. The zero-order valence-electron chi connectivity index (χ0n) is 23.2. The van der Waals surface area contributed by atoms with Crippen molar-refractivity contribution in [3.05, 3.63) is 60.2 Å². The number of hydrogen-bond donors (Lipinski definition) is 1. The maximum absolute atomic E-state index is 15.3. The molecule has 0 bridgehead atoms. The summed E-state index contributed by atoms with van der Waals surface area (Å²) in [6.45, 7) is 8.65. The highest BCUT2D eigenvalue weighted by Crippen LogP contribution is 2.31. The van der Waals surface area contributed by atoms with E-state index in [0.29, 0.717) is 48.5 Å². The molecule has 12 heteroatoms. The van der Waals surface area contributed by atoms with Crippen LogP contribution in [0.4, 0.5) is 15.0 Å². The van der Waals surface area contributed by atoms with Crippen molar-refractivity contribution in [1.29, 1.82) is 0 Å². The molecule has 2 aliphatic heterocycles. The standard InChI is InChI=1S/C29H32FN7O4/c1-29(2,3)41-28(40)35-11-9-34(10-12-35)24-7-6-18(15-31-24)19-13-21(30)20-16-37(33-22(20)14-19)26(27(38)39)25-23-5-4-8-36(23)17-32-25/h6-7,13-17,26H,4-5,8-12H2,1-3H3,(H,38,39). The molecule has 1 atom stereocenters. The van der Waals surface area contributed by atoms with Gasteiger partial charge in [0.15, 0.2) is 6.04 Å². The lowest BCUT2D eigenvalue weighted by Gasteiger charge is -2.36. The number of hydrogen-bond acceptors (Lipinski definition) is 7. The Hall–Kier alpha value is -4.48. The Morgan fingerprint density at radius 1 is 1.05 bits per heavy atom. The number of fused-ring (bicyclic) bond motifs is 2. The monoisotopic (exact) mass is 561 g/mol. The van der Waals surface area contributed by atoms with E-state index in [0.717, 1.165) is 30.9 Å². The normalized spacial score (nSPS) is 16.2. The summed E-state index contributed by atoms with van der Waals surface area (Å²) >= 11 is 0. The van der Waals surface area contributed by atoms with Crippen LogP contribution in [0.3, 0.4) is 0 Å². The molecule has 5 heterocycles. The summed E-state index contributed by atoms with van der Waals surface area (Å²) in [5, 5.41) is 14.7. The van der Waals surface area contributed by atoms with Gasteiger partial charge in [-0.2, -0.15) is 5.10 Å². The van der Waals surface area contributed by atoms with Crippen LogP contribution in [0.1, 0.15) is 44.6 Å². The fourth-order valence-corrected chi connectivity index (χ4v) is 5.48. The zero-order valence-corrected chi connectivity index (χ0v) is 23.2. The zero-order chi connectivity index (χ0) is 28.9. The van der Waals surface area contributed by atoms with Crippen LogP contribution in [0.5, 0.6) is 0 Å². The third kappa shape index (κ3) is 5.21. The highest BCUT2D eigenvalue weighted by molar-refractivity contribution is 5.85. The van der Waals surface area contributed by atoms with E-state index in [4.69, 9.17) is 4.74 Å². The number of piperazine rings is 1. The molecule has 0 aliphatic carbocycles. The van der Waals surface area contributed by atoms with Gasteiger partial charge in [0.25, 0.3) is 0 Å². The minimum atomic E-state index is -1.14. The van der Waals surface area contributed by atoms with E-state index >= 15 is 4.39 Å². The molecule has 11 nitrogen and oxygen atoms in total. The van der Waals surface area contributed by atoms with Gasteiger partial charge in [-0.3, -0.25) is 4.68 Å². The lowest BCUT2D eigenvalue weighted by molar-refractivity contribution is -0.139. The average molecular weight is 562 g/mol. The van der Waals surface area contributed by atoms with E-state index in [-0.39, 0.29) is 11.5 Å². The number of pyridine rings is 1. The van der Waals surface area contributed by atoms with Crippen LogP contribution < -0.4 is 4.90 Å². The fourth-order valence-electron chi connectivity index (χ4n) is 5.48. The Morgan fingerprint density at radius 3 is 2.51 bits per heavy atom. The number of imidazole rings is 1. The molecule has 2 aliphatic rings. The lowest BCUT2D eigenvalue weighted by Crippen LogP contribution is -2.50. The number of carbonyl (C=O) groups is 2. The van der Waals surface area contributed by atoms with Gasteiger partial charge < -0.3 is 24.2 Å². The second kappa shape index (κ2) is 10.2. The maximum atomic E-state index is 15.3. The number of carbonyl (C=O) groups excluding carboxylic acids is 1.